The van der Waals surface area contributed by atoms with Crippen molar-refractivity contribution in [1.29, 1.82) is 0 Å². The van der Waals surface area contributed by atoms with Crippen LogP contribution in [0.4, 0.5) is 5.82 Å². The van der Waals surface area contributed by atoms with Crippen LogP contribution < -0.4 is 4.90 Å². The molecule has 0 radical (unpaired) electrons. The van der Waals surface area contributed by atoms with E-state index in [1.54, 1.807) is 6.20 Å². The molecule has 6 rings (SSSR count). The number of hydrogen-bond acceptors (Lipinski definition) is 7. The first-order chi connectivity index (χ1) is 14.8. The predicted molar refractivity (Wildman–Crippen MR) is 112 cm³/mol. The minimum atomic E-state index is 0.295. The van der Waals surface area contributed by atoms with Gasteiger partial charge in [0.1, 0.15) is 5.82 Å². The minimum absolute atomic E-state index is 0.295. The average Bonchev–Trinajstić information content (AvgIpc) is 3.50. The monoisotopic (exact) mass is 409 g/mol. The molecule has 2 atom stereocenters. The van der Waals surface area contributed by atoms with Crippen LogP contribution in [0.25, 0.3) is 16.9 Å². The van der Waals surface area contributed by atoms with Gasteiger partial charge in [-0.1, -0.05) is 0 Å². The van der Waals surface area contributed by atoms with Crippen molar-refractivity contribution in [2.45, 2.75) is 38.4 Å². The van der Waals surface area contributed by atoms with Crippen molar-refractivity contribution in [2.24, 2.45) is 0 Å². The van der Waals surface area contributed by atoms with Crippen LogP contribution in [0.15, 0.2) is 18.3 Å². The van der Waals surface area contributed by atoms with Gasteiger partial charge < -0.3 is 14.4 Å². The third kappa shape index (κ3) is 3.00. The summed E-state index contributed by atoms with van der Waals surface area (Å²) in [6.45, 7) is 8.09. The van der Waals surface area contributed by atoms with Gasteiger partial charge in [-0.3, -0.25) is 10.00 Å². The van der Waals surface area contributed by atoms with E-state index < -0.39 is 0 Å². The summed E-state index contributed by atoms with van der Waals surface area (Å²) in [5.41, 5.74) is 3.33. The van der Waals surface area contributed by atoms with E-state index in [-0.39, 0.29) is 0 Å². The van der Waals surface area contributed by atoms with Gasteiger partial charge in [-0.25, -0.2) is 4.98 Å². The summed E-state index contributed by atoms with van der Waals surface area (Å²) in [5.74, 6) is 1.85. The van der Waals surface area contributed by atoms with E-state index in [0.717, 1.165) is 81.9 Å². The molecule has 0 spiro atoms. The van der Waals surface area contributed by atoms with Gasteiger partial charge in [0.05, 0.1) is 37.8 Å². The Morgan fingerprint density at radius 1 is 1.17 bits per heavy atom. The Balaban J connectivity index is 1.50. The minimum Gasteiger partial charge on any atom is -0.380 e. The molecule has 0 aromatic carbocycles. The Hall–Kier alpha value is -2.49. The van der Waals surface area contributed by atoms with Gasteiger partial charge in [-0.05, 0) is 25.0 Å². The third-order valence-corrected chi connectivity index (χ3v) is 6.59. The molecule has 2 fully saturated rings. The van der Waals surface area contributed by atoms with Crippen LogP contribution in [0.3, 0.4) is 0 Å². The van der Waals surface area contributed by atoms with E-state index in [1.165, 1.54) is 10.9 Å². The summed E-state index contributed by atoms with van der Waals surface area (Å²) in [6.07, 6.45) is 3.77. The number of rotatable bonds is 3. The van der Waals surface area contributed by atoms with E-state index in [2.05, 4.69) is 33.0 Å². The van der Waals surface area contributed by atoms with Crippen molar-refractivity contribution >= 4 is 16.9 Å². The highest BCUT2D eigenvalue weighted by Crippen LogP contribution is 2.33. The zero-order valence-electron chi connectivity index (χ0n) is 17.3. The summed E-state index contributed by atoms with van der Waals surface area (Å²) in [5, 5.41) is 13.3. The number of nitrogens with zero attached hydrogens (tertiary/aromatic N) is 6. The van der Waals surface area contributed by atoms with Crippen LogP contribution in [0.2, 0.25) is 0 Å². The first-order valence-corrected chi connectivity index (χ1v) is 10.9. The average molecular weight is 409 g/mol. The highest BCUT2D eigenvalue weighted by molar-refractivity contribution is 5.85. The SMILES string of the molecule is C[C@@H]1COCCN1c1cc2c3c(nn(-c4ccn[nH]4)c3n1)CCN(C1CCOC1)C2. The number of pyridine rings is 1. The number of morpholine rings is 1. The van der Waals surface area contributed by atoms with Crippen molar-refractivity contribution in [2.75, 3.05) is 44.4 Å². The second-order valence-corrected chi connectivity index (χ2v) is 8.49. The molecule has 30 heavy (non-hydrogen) atoms. The summed E-state index contributed by atoms with van der Waals surface area (Å²) >= 11 is 0. The van der Waals surface area contributed by atoms with Crippen LogP contribution in [0.1, 0.15) is 24.6 Å². The quantitative estimate of drug-likeness (QED) is 0.702. The Bertz CT molecular complexity index is 1040. The van der Waals surface area contributed by atoms with E-state index >= 15 is 0 Å². The Morgan fingerprint density at radius 2 is 2.10 bits per heavy atom. The van der Waals surface area contributed by atoms with Crippen molar-refractivity contribution in [3.63, 3.8) is 0 Å². The normalized spacial score (nSPS) is 25.2. The molecule has 3 aromatic rings. The van der Waals surface area contributed by atoms with Crippen LogP contribution in [-0.4, -0.2) is 81.5 Å². The fourth-order valence-corrected chi connectivity index (χ4v) is 4.97. The first kappa shape index (κ1) is 18.3. The van der Waals surface area contributed by atoms with E-state index in [1.807, 2.05) is 10.7 Å². The third-order valence-electron chi connectivity index (χ3n) is 6.59. The lowest BCUT2D eigenvalue weighted by atomic mass is 10.1. The lowest BCUT2D eigenvalue weighted by Gasteiger charge is -2.34. The smallest absolute Gasteiger partial charge is 0.167 e. The lowest BCUT2D eigenvalue weighted by Crippen LogP contribution is -2.44. The maximum absolute atomic E-state index is 5.68. The summed E-state index contributed by atoms with van der Waals surface area (Å²) < 4.78 is 13.3. The van der Waals surface area contributed by atoms with Gasteiger partial charge in [-0.2, -0.15) is 14.9 Å². The second-order valence-electron chi connectivity index (χ2n) is 8.49. The van der Waals surface area contributed by atoms with Crippen LogP contribution in [0.5, 0.6) is 0 Å². The predicted octanol–water partition coefficient (Wildman–Crippen LogP) is 1.52. The molecule has 2 saturated heterocycles. The Kier molecular flexibility index (Phi) is 4.47. The molecule has 1 unspecified atom stereocenters. The molecule has 0 amide bonds. The number of H-pyrrole nitrogens is 1. The molecule has 9 heteroatoms. The summed E-state index contributed by atoms with van der Waals surface area (Å²) in [6, 6.07) is 5.00. The van der Waals surface area contributed by atoms with Gasteiger partial charge in [0.15, 0.2) is 11.5 Å². The molecule has 0 aliphatic carbocycles. The molecule has 3 aromatic heterocycles. The van der Waals surface area contributed by atoms with E-state index in [0.29, 0.717) is 12.1 Å². The van der Waals surface area contributed by atoms with Crippen molar-refractivity contribution in [3.8, 4) is 5.82 Å². The van der Waals surface area contributed by atoms with Gasteiger partial charge in [0.2, 0.25) is 0 Å². The maximum atomic E-state index is 5.68. The molecule has 1 N–H and O–H groups in total. The summed E-state index contributed by atoms with van der Waals surface area (Å²) in [7, 11) is 0. The molecule has 158 valence electrons. The molecular formula is C21H27N7O2. The lowest BCUT2D eigenvalue weighted by molar-refractivity contribution is 0.0985. The largest absolute Gasteiger partial charge is 0.380 e. The van der Waals surface area contributed by atoms with E-state index in [9.17, 15) is 0 Å². The fourth-order valence-electron chi connectivity index (χ4n) is 4.97. The van der Waals surface area contributed by atoms with Crippen molar-refractivity contribution < 1.29 is 9.47 Å². The van der Waals surface area contributed by atoms with Crippen LogP contribution in [0, 0.1) is 0 Å². The van der Waals surface area contributed by atoms with Crippen molar-refractivity contribution in [3.05, 3.63) is 29.6 Å². The van der Waals surface area contributed by atoms with Crippen LogP contribution in [-0.2, 0) is 22.4 Å². The number of aromatic amines is 1. The van der Waals surface area contributed by atoms with Gasteiger partial charge in [0.25, 0.3) is 0 Å². The number of hydrogen-bond donors (Lipinski definition) is 1. The Labute approximate surface area is 175 Å². The molecule has 3 aliphatic rings. The maximum Gasteiger partial charge on any atom is 0.167 e. The number of nitrogens with one attached hydrogen (secondary N) is 1. The van der Waals surface area contributed by atoms with Crippen molar-refractivity contribution in [1.82, 2.24) is 29.9 Å². The summed E-state index contributed by atoms with van der Waals surface area (Å²) in [4.78, 5) is 10.0. The number of aromatic nitrogens is 5. The van der Waals surface area contributed by atoms with E-state index in [4.69, 9.17) is 19.6 Å². The zero-order valence-corrected chi connectivity index (χ0v) is 17.3. The first-order valence-electron chi connectivity index (χ1n) is 10.9. The zero-order chi connectivity index (χ0) is 20.1. The highest BCUT2D eigenvalue weighted by Gasteiger charge is 2.30. The standard InChI is InChI=1S/C21H27N7O2/c1-14-12-30-9-7-27(14)19-10-15-11-26(16-4-8-29-13-16)6-3-17-20(15)21(23-19)28(25-17)18-2-5-22-24-18/h2,5,10,14,16H,3-4,6-9,11-13H2,1H3,(H,22,24)/t14-,16?/m1/s1. The van der Waals surface area contributed by atoms with Gasteiger partial charge >= 0.3 is 0 Å². The molecule has 9 nitrogen and oxygen atoms in total. The van der Waals surface area contributed by atoms with Crippen LogP contribution >= 0.6 is 0 Å². The molecule has 0 saturated carbocycles. The molecule has 3 aliphatic heterocycles. The Morgan fingerprint density at radius 3 is 2.90 bits per heavy atom. The molecule has 6 heterocycles. The fraction of sp³-hybridized carbons (Fsp3) is 0.571. The second kappa shape index (κ2) is 7.33. The number of ether oxygens (including phenoxy) is 2. The molecular weight excluding hydrogens is 382 g/mol. The topological polar surface area (TPSA) is 84.3 Å². The molecule has 0 bridgehead atoms. The number of anilines is 1. The van der Waals surface area contributed by atoms with Gasteiger partial charge in [-0.15, -0.1) is 0 Å². The highest BCUT2D eigenvalue weighted by atomic mass is 16.5. The van der Waals surface area contributed by atoms with Gasteiger partial charge in [0, 0.05) is 50.2 Å².